The third kappa shape index (κ3) is 3.65. The second-order valence-corrected chi connectivity index (χ2v) is 5.53. The largest absolute Gasteiger partial charge is 0.394 e. The smallest absolute Gasteiger partial charge is 0.187 e. The predicted molar refractivity (Wildman–Crippen MR) is 68.6 cm³/mol. The zero-order chi connectivity index (χ0) is 17.3. The molecular formula is C12H22O11. The van der Waals surface area contributed by atoms with Gasteiger partial charge >= 0.3 is 0 Å². The first kappa shape index (κ1) is 18.9. The summed E-state index contributed by atoms with van der Waals surface area (Å²) in [6.45, 7) is -1.35. The zero-order valence-electron chi connectivity index (χ0n) is 12.0. The topological polar surface area (TPSA) is 190 Å². The van der Waals surface area contributed by atoms with Gasteiger partial charge in [0.15, 0.2) is 12.6 Å². The van der Waals surface area contributed by atoms with E-state index in [4.69, 9.17) is 19.3 Å². The lowest BCUT2D eigenvalue weighted by atomic mass is 9.97. The maximum absolute atomic E-state index is 9.94. The fraction of sp³-hybridized carbons (Fsp3) is 1.00. The Bertz CT molecular complexity index is 378. The quantitative estimate of drug-likeness (QED) is 0.243. The van der Waals surface area contributed by atoms with Crippen molar-refractivity contribution in [3.63, 3.8) is 0 Å². The summed E-state index contributed by atoms with van der Waals surface area (Å²) in [7, 11) is 0. The lowest BCUT2D eigenvalue weighted by Gasteiger charge is -2.45. The second-order valence-electron chi connectivity index (χ2n) is 5.53. The average Bonchev–Trinajstić information content (AvgIpc) is 2.55. The van der Waals surface area contributed by atoms with Gasteiger partial charge in [-0.3, -0.25) is 0 Å². The van der Waals surface area contributed by atoms with E-state index in [1.807, 2.05) is 0 Å². The van der Waals surface area contributed by atoms with Crippen LogP contribution in [0.4, 0.5) is 0 Å². The number of aliphatic hydroxyl groups excluding tert-OH is 8. The molecule has 11 heteroatoms. The molecular weight excluding hydrogens is 320 g/mol. The van der Waals surface area contributed by atoms with E-state index in [0.29, 0.717) is 0 Å². The third-order valence-electron chi connectivity index (χ3n) is 3.98. The summed E-state index contributed by atoms with van der Waals surface area (Å²) in [5, 5.41) is 76.5. The van der Waals surface area contributed by atoms with Gasteiger partial charge in [-0.05, 0) is 0 Å². The molecule has 2 fully saturated rings. The molecule has 136 valence electrons. The van der Waals surface area contributed by atoms with Crippen molar-refractivity contribution in [2.45, 2.75) is 61.4 Å². The van der Waals surface area contributed by atoms with E-state index in [0.717, 1.165) is 0 Å². The van der Waals surface area contributed by atoms with E-state index < -0.39 is 74.6 Å². The van der Waals surface area contributed by atoms with E-state index in [1.165, 1.54) is 0 Å². The third-order valence-corrected chi connectivity index (χ3v) is 3.98. The van der Waals surface area contributed by atoms with E-state index in [2.05, 4.69) is 0 Å². The Morgan fingerprint density at radius 3 is 1.83 bits per heavy atom. The minimum Gasteiger partial charge on any atom is -0.394 e. The minimum atomic E-state index is -1.74. The first-order chi connectivity index (χ1) is 10.8. The van der Waals surface area contributed by atoms with Crippen molar-refractivity contribution in [3.8, 4) is 0 Å². The Hall–Kier alpha value is -0.440. The fourth-order valence-corrected chi connectivity index (χ4v) is 2.57. The van der Waals surface area contributed by atoms with Gasteiger partial charge in [0.1, 0.15) is 48.8 Å². The highest BCUT2D eigenvalue weighted by atomic mass is 16.7. The van der Waals surface area contributed by atoms with Crippen LogP contribution < -0.4 is 0 Å². The van der Waals surface area contributed by atoms with Crippen LogP contribution in [0.25, 0.3) is 0 Å². The molecule has 0 amide bonds. The zero-order valence-corrected chi connectivity index (χ0v) is 12.0. The van der Waals surface area contributed by atoms with Gasteiger partial charge in [0.25, 0.3) is 0 Å². The van der Waals surface area contributed by atoms with E-state index in [-0.39, 0.29) is 0 Å². The molecule has 2 rings (SSSR count). The fourth-order valence-electron chi connectivity index (χ4n) is 2.57. The molecule has 4 unspecified atom stereocenters. The van der Waals surface area contributed by atoms with Crippen LogP contribution in [0, 0.1) is 0 Å². The van der Waals surface area contributed by atoms with Gasteiger partial charge in [-0.25, -0.2) is 0 Å². The number of hydrogen-bond acceptors (Lipinski definition) is 11. The van der Waals surface area contributed by atoms with Gasteiger partial charge < -0.3 is 55.1 Å². The van der Waals surface area contributed by atoms with Gasteiger partial charge in [0.2, 0.25) is 0 Å². The molecule has 2 saturated heterocycles. The maximum atomic E-state index is 9.94. The number of rotatable bonds is 4. The van der Waals surface area contributed by atoms with Crippen molar-refractivity contribution in [2.75, 3.05) is 13.2 Å². The molecule has 0 aromatic heterocycles. The summed E-state index contributed by atoms with van der Waals surface area (Å²) in [5.41, 5.74) is 0. The number of hydrogen-bond donors (Lipinski definition) is 8. The van der Waals surface area contributed by atoms with Crippen molar-refractivity contribution in [3.05, 3.63) is 0 Å². The standard InChI is InChI=1S/C12H22O11/c13-1-3-5(15)6(16)9(19)12(22-3)23-10-4(2-14)21-11(20)8(18)7(10)17/h3-20H,1-2H2/t3?,4?,5-,6-,7+,8?,9?,10-,11+,12-/m1/s1. The number of ether oxygens (including phenoxy) is 3. The van der Waals surface area contributed by atoms with Gasteiger partial charge in [-0.2, -0.15) is 0 Å². The van der Waals surface area contributed by atoms with Crippen LogP contribution in [0.2, 0.25) is 0 Å². The first-order valence-corrected chi connectivity index (χ1v) is 7.08. The van der Waals surface area contributed by atoms with Crippen LogP contribution in [0.15, 0.2) is 0 Å². The maximum Gasteiger partial charge on any atom is 0.187 e. The van der Waals surface area contributed by atoms with Crippen LogP contribution in [0.1, 0.15) is 0 Å². The highest BCUT2D eigenvalue weighted by Crippen LogP contribution is 2.28. The van der Waals surface area contributed by atoms with Crippen molar-refractivity contribution in [2.24, 2.45) is 0 Å². The molecule has 10 atom stereocenters. The molecule has 0 aliphatic carbocycles. The first-order valence-electron chi connectivity index (χ1n) is 7.08. The Kier molecular flexibility index (Phi) is 6.27. The van der Waals surface area contributed by atoms with Gasteiger partial charge in [0.05, 0.1) is 13.2 Å². The van der Waals surface area contributed by atoms with Gasteiger partial charge in [-0.1, -0.05) is 0 Å². The monoisotopic (exact) mass is 342 g/mol. The predicted octanol–water partition coefficient (Wildman–Crippen LogP) is -5.40. The molecule has 11 nitrogen and oxygen atoms in total. The van der Waals surface area contributed by atoms with Crippen molar-refractivity contribution >= 4 is 0 Å². The summed E-state index contributed by atoms with van der Waals surface area (Å²) >= 11 is 0. The second kappa shape index (κ2) is 7.63. The molecule has 0 aromatic rings. The lowest BCUT2D eigenvalue weighted by Crippen LogP contribution is -2.64. The highest BCUT2D eigenvalue weighted by Gasteiger charge is 2.50. The Labute approximate surface area is 130 Å². The highest BCUT2D eigenvalue weighted by molar-refractivity contribution is 4.93. The van der Waals surface area contributed by atoms with E-state index in [9.17, 15) is 35.7 Å². The van der Waals surface area contributed by atoms with Crippen molar-refractivity contribution in [1.29, 1.82) is 0 Å². The lowest BCUT2D eigenvalue weighted by molar-refractivity contribution is -0.355. The normalized spacial score (nSPS) is 51.7. The number of aliphatic hydroxyl groups is 8. The molecule has 2 aliphatic rings. The van der Waals surface area contributed by atoms with Crippen molar-refractivity contribution in [1.82, 2.24) is 0 Å². The van der Waals surface area contributed by atoms with Crippen LogP contribution >= 0.6 is 0 Å². The van der Waals surface area contributed by atoms with Crippen molar-refractivity contribution < 1.29 is 55.1 Å². The SMILES string of the molecule is OCC1O[C@H](O[C@@H]2C(CO)O[C@H](O)C(O)[C@@H]2O)C(O)[C@H](O)[C@@H]1O. The molecule has 0 radical (unpaired) electrons. The van der Waals surface area contributed by atoms with Gasteiger partial charge in [-0.15, -0.1) is 0 Å². The molecule has 0 aromatic carbocycles. The average molecular weight is 342 g/mol. The van der Waals surface area contributed by atoms with Gasteiger partial charge in [0, 0.05) is 0 Å². The van der Waals surface area contributed by atoms with E-state index >= 15 is 0 Å². The van der Waals surface area contributed by atoms with E-state index in [1.54, 1.807) is 0 Å². The summed E-state index contributed by atoms with van der Waals surface area (Å²) in [4.78, 5) is 0. The van der Waals surface area contributed by atoms with Crippen LogP contribution in [-0.2, 0) is 14.2 Å². The molecule has 2 aliphatic heterocycles. The summed E-state index contributed by atoms with van der Waals surface area (Å²) in [6.07, 6.45) is -15.6. The Balaban J connectivity index is 2.11. The minimum absolute atomic E-state index is 0.667. The summed E-state index contributed by atoms with van der Waals surface area (Å²) in [6, 6.07) is 0. The Morgan fingerprint density at radius 2 is 1.26 bits per heavy atom. The van der Waals surface area contributed by atoms with Crippen LogP contribution in [0.5, 0.6) is 0 Å². The molecule has 23 heavy (non-hydrogen) atoms. The van der Waals surface area contributed by atoms with Crippen LogP contribution in [0.3, 0.4) is 0 Å². The molecule has 2 heterocycles. The molecule has 0 spiro atoms. The Morgan fingerprint density at radius 1 is 0.652 bits per heavy atom. The van der Waals surface area contributed by atoms with Crippen LogP contribution in [-0.4, -0.2) is 115 Å². The molecule has 8 N–H and O–H groups in total. The summed E-state index contributed by atoms with van der Waals surface area (Å²) in [5.74, 6) is 0. The molecule has 0 bridgehead atoms. The molecule has 0 saturated carbocycles. The summed E-state index contributed by atoms with van der Waals surface area (Å²) < 4.78 is 15.3.